The molecule has 4 rings (SSSR count). The summed E-state index contributed by atoms with van der Waals surface area (Å²) in [4.78, 5) is 17.8. The van der Waals surface area contributed by atoms with E-state index in [-0.39, 0.29) is 5.41 Å². The van der Waals surface area contributed by atoms with Gasteiger partial charge in [-0.15, -0.1) is 0 Å². The van der Waals surface area contributed by atoms with Crippen molar-refractivity contribution in [1.29, 1.82) is 0 Å². The average Bonchev–Trinajstić information content (AvgIpc) is 3.01. The highest BCUT2D eigenvalue weighted by Gasteiger charge is 2.33. The topological polar surface area (TPSA) is 43.6 Å². The van der Waals surface area contributed by atoms with Crippen LogP contribution in [-0.4, -0.2) is 16.2 Å². The van der Waals surface area contributed by atoms with Crippen LogP contribution >= 0.6 is 27.5 Å². The first-order valence-electron chi connectivity index (χ1n) is 9.75. The summed E-state index contributed by atoms with van der Waals surface area (Å²) in [5.41, 5.74) is 5.50. The Balaban J connectivity index is 1.73. The normalized spacial score (nSPS) is 16.4. The van der Waals surface area contributed by atoms with E-state index in [1.807, 2.05) is 12.1 Å². The molecule has 0 radical (unpaired) electrons. The number of nitrogens with zero attached hydrogens (tertiary/aromatic N) is 2. The third-order valence-electron chi connectivity index (χ3n) is 5.31. The fourth-order valence-electron chi connectivity index (χ4n) is 3.98. The number of halogens is 2. The lowest BCUT2D eigenvalue weighted by Gasteiger charge is -2.31. The maximum Gasteiger partial charge on any atom is 0.367 e. The van der Waals surface area contributed by atoms with Gasteiger partial charge in [-0.25, -0.2) is 4.79 Å². The van der Waals surface area contributed by atoms with E-state index in [1.165, 1.54) is 5.69 Å². The number of benzene rings is 2. The van der Waals surface area contributed by atoms with E-state index in [0.29, 0.717) is 10.6 Å². The maximum atomic E-state index is 12.5. The maximum absolute atomic E-state index is 12.5. The Morgan fingerprint density at radius 1 is 1.13 bits per heavy atom. The summed E-state index contributed by atoms with van der Waals surface area (Å²) in [7, 11) is 0. The number of oxime groups is 1. The van der Waals surface area contributed by atoms with Crippen molar-refractivity contribution in [2.24, 2.45) is 10.6 Å². The lowest BCUT2D eigenvalue weighted by Crippen LogP contribution is -2.28. The van der Waals surface area contributed by atoms with Gasteiger partial charge in [0.15, 0.2) is 0 Å². The molecule has 0 N–H and O–H groups in total. The minimum Gasteiger partial charge on any atom is -0.318 e. The summed E-state index contributed by atoms with van der Waals surface area (Å²) in [5, 5.41) is 4.64. The molecule has 0 atom stereocenters. The van der Waals surface area contributed by atoms with Gasteiger partial charge in [0, 0.05) is 27.1 Å². The highest BCUT2D eigenvalue weighted by Crippen LogP contribution is 2.38. The van der Waals surface area contributed by atoms with Crippen LogP contribution < -0.4 is 0 Å². The zero-order valence-corrected chi connectivity index (χ0v) is 19.4. The van der Waals surface area contributed by atoms with Gasteiger partial charge >= 0.3 is 5.97 Å². The van der Waals surface area contributed by atoms with Crippen LogP contribution in [0.2, 0.25) is 5.02 Å². The fourth-order valence-corrected chi connectivity index (χ4v) is 4.46. The zero-order chi connectivity index (χ0) is 21.5. The van der Waals surface area contributed by atoms with Crippen molar-refractivity contribution in [3.8, 4) is 5.69 Å². The Hall–Kier alpha value is -2.37. The van der Waals surface area contributed by atoms with Crippen molar-refractivity contribution in [3.05, 3.63) is 86.6 Å². The lowest BCUT2D eigenvalue weighted by atomic mass is 9.76. The Bertz CT molecular complexity index is 1150. The second-order valence-corrected chi connectivity index (χ2v) is 9.70. The van der Waals surface area contributed by atoms with Gasteiger partial charge in [0.25, 0.3) is 0 Å². The first-order valence-corrected chi connectivity index (χ1v) is 10.9. The van der Waals surface area contributed by atoms with E-state index in [2.05, 4.69) is 64.6 Å². The summed E-state index contributed by atoms with van der Waals surface area (Å²) in [6.45, 7) is 6.49. The number of aryl methyl sites for hydroxylation is 1. The van der Waals surface area contributed by atoms with Crippen molar-refractivity contribution in [1.82, 2.24) is 4.57 Å². The molecule has 0 saturated heterocycles. The predicted octanol–water partition coefficient (Wildman–Crippen LogP) is 6.74. The Kier molecular flexibility index (Phi) is 5.60. The Morgan fingerprint density at radius 2 is 1.83 bits per heavy atom. The highest BCUT2D eigenvalue weighted by molar-refractivity contribution is 9.10. The van der Waals surface area contributed by atoms with Crippen LogP contribution in [0.15, 0.2) is 64.2 Å². The second kappa shape index (κ2) is 8.05. The van der Waals surface area contributed by atoms with Crippen LogP contribution in [0.1, 0.15) is 47.6 Å². The van der Waals surface area contributed by atoms with Gasteiger partial charge in [-0.2, -0.15) is 0 Å². The molecule has 1 aromatic heterocycles. The molecule has 3 aromatic rings. The van der Waals surface area contributed by atoms with Crippen LogP contribution in [-0.2, 0) is 11.3 Å². The first-order chi connectivity index (χ1) is 14.2. The fraction of sp³-hybridized carbons (Fsp3) is 0.250. The van der Waals surface area contributed by atoms with Gasteiger partial charge in [-0.1, -0.05) is 58.7 Å². The number of rotatable bonds is 3. The number of hydrogen-bond donors (Lipinski definition) is 0. The van der Waals surface area contributed by atoms with E-state index in [1.54, 1.807) is 24.3 Å². The smallest absolute Gasteiger partial charge is 0.318 e. The molecule has 2 aromatic carbocycles. The minimum atomic E-state index is -0.554. The number of hydrogen-bond acceptors (Lipinski definition) is 3. The average molecular weight is 486 g/mol. The van der Waals surface area contributed by atoms with Crippen LogP contribution in [0.3, 0.4) is 0 Å². The van der Waals surface area contributed by atoms with E-state index >= 15 is 0 Å². The molecule has 154 valence electrons. The molecular formula is C24H22BrClN2O2. The standard InChI is InChI=1S/C24H22BrClN2O2/c1-15-12-19-21(27-30-23(29)18-6-4-5-7-20(18)26)13-24(2,3)14-22(19)28(15)17-10-8-16(25)9-11-17/h4-12H,13-14H2,1-3H3/b27-21+. The van der Waals surface area contributed by atoms with Gasteiger partial charge in [-0.3, -0.25) is 0 Å². The van der Waals surface area contributed by atoms with Gasteiger partial charge in [-0.05, 0) is 67.6 Å². The van der Waals surface area contributed by atoms with Crippen LogP contribution in [0.25, 0.3) is 5.69 Å². The number of aromatic nitrogens is 1. The van der Waals surface area contributed by atoms with Crippen molar-refractivity contribution in [2.75, 3.05) is 0 Å². The highest BCUT2D eigenvalue weighted by atomic mass is 79.9. The van der Waals surface area contributed by atoms with E-state index in [0.717, 1.165) is 40.0 Å². The summed E-state index contributed by atoms with van der Waals surface area (Å²) in [6.07, 6.45) is 1.63. The van der Waals surface area contributed by atoms with Crippen molar-refractivity contribution >= 4 is 39.2 Å². The van der Waals surface area contributed by atoms with Crippen molar-refractivity contribution in [3.63, 3.8) is 0 Å². The molecule has 0 spiro atoms. The SMILES string of the molecule is Cc1cc2c(n1-c1ccc(Br)cc1)CC(C)(C)C/C2=N\OC(=O)c1ccccc1Cl. The lowest BCUT2D eigenvalue weighted by molar-refractivity contribution is 0.0514. The summed E-state index contributed by atoms with van der Waals surface area (Å²) < 4.78 is 3.30. The second-order valence-electron chi connectivity index (χ2n) is 8.37. The molecule has 0 amide bonds. The molecule has 0 unspecified atom stereocenters. The van der Waals surface area contributed by atoms with Crippen molar-refractivity contribution < 1.29 is 9.63 Å². The van der Waals surface area contributed by atoms with Gasteiger partial charge in [0.05, 0.1) is 16.3 Å². The molecule has 6 heteroatoms. The third-order valence-corrected chi connectivity index (χ3v) is 6.17. The monoisotopic (exact) mass is 484 g/mol. The molecule has 4 nitrogen and oxygen atoms in total. The van der Waals surface area contributed by atoms with Gasteiger partial charge in [0.1, 0.15) is 0 Å². The van der Waals surface area contributed by atoms with Gasteiger partial charge < -0.3 is 9.40 Å². The number of carbonyl (C=O) groups excluding carboxylic acids is 1. The molecule has 1 aliphatic carbocycles. The third kappa shape index (κ3) is 4.09. The first kappa shape index (κ1) is 20.9. The van der Waals surface area contributed by atoms with Crippen LogP contribution in [0.5, 0.6) is 0 Å². The van der Waals surface area contributed by atoms with E-state index in [4.69, 9.17) is 16.4 Å². The molecule has 1 heterocycles. The van der Waals surface area contributed by atoms with Crippen LogP contribution in [0.4, 0.5) is 0 Å². The number of fused-ring (bicyclic) bond motifs is 1. The van der Waals surface area contributed by atoms with Crippen molar-refractivity contribution in [2.45, 2.75) is 33.6 Å². The quantitative estimate of drug-likeness (QED) is 0.305. The summed E-state index contributed by atoms with van der Waals surface area (Å²) >= 11 is 9.62. The molecule has 0 aliphatic heterocycles. The zero-order valence-electron chi connectivity index (χ0n) is 17.1. The minimum absolute atomic E-state index is 0.0134. The van der Waals surface area contributed by atoms with E-state index < -0.39 is 5.97 Å². The predicted molar refractivity (Wildman–Crippen MR) is 124 cm³/mol. The molecule has 0 saturated carbocycles. The molecular weight excluding hydrogens is 464 g/mol. The Labute approximate surface area is 189 Å². The molecule has 1 aliphatic rings. The summed E-state index contributed by atoms with van der Waals surface area (Å²) in [6, 6.07) is 17.2. The molecule has 0 fully saturated rings. The van der Waals surface area contributed by atoms with Crippen LogP contribution in [0, 0.1) is 12.3 Å². The summed E-state index contributed by atoms with van der Waals surface area (Å²) in [5.74, 6) is -0.554. The Morgan fingerprint density at radius 3 is 2.53 bits per heavy atom. The molecule has 30 heavy (non-hydrogen) atoms. The number of carbonyl (C=O) groups is 1. The molecule has 0 bridgehead atoms. The largest absolute Gasteiger partial charge is 0.367 e. The van der Waals surface area contributed by atoms with Gasteiger partial charge in [0.2, 0.25) is 0 Å². The van der Waals surface area contributed by atoms with E-state index in [9.17, 15) is 4.79 Å².